The van der Waals surface area contributed by atoms with E-state index in [0.717, 1.165) is 37.6 Å². The van der Waals surface area contributed by atoms with Crippen LogP contribution < -0.4 is 5.32 Å². The smallest absolute Gasteiger partial charge is 0.0451 e. The Hall–Kier alpha value is -0.870. The highest BCUT2D eigenvalue weighted by molar-refractivity contribution is 7.09. The van der Waals surface area contributed by atoms with Gasteiger partial charge in [-0.1, -0.05) is 35.9 Å². The Morgan fingerprint density at radius 1 is 1.15 bits per heavy atom. The van der Waals surface area contributed by atoms with Crippen LogP contribution in [-0.4, -0.2) is 31.6 Å². The fourth-order valence-electron chi connectivity index (χ4n) is 2.06. The van der Waals surface area contributed by atoms with E-state index in [1.54, 1.807) is 0 Å². The van der Waals surface area contributed by atoms with Crippen molar-refractivity contribution in [2.75, 3.05) is 26.7 Å². The van der Waals surface area contributed by atoms with Crippen molar-refractivity contribution < 1.29 is 0 Å². The zero-order valence-electron chi connectivity index (χ0n) is 11.8. The Balaban J connectivity index is 1.60. The largest absolute Gasteiger partial charge is 0.315 e. The second-order valence-electron chi connectivity index (χ2n) is 4.91. The molecule has 0 amide bonds. The molecule has 0 saturated carbocycles. The van der Waals surface area contributed by atoms with Gasteiger partial charge in [0.25, 0.3) is 0 Å². The summed E-state index contributed by atoms with van der Waals surface area (Å²) in [6.45, 7) is 3.97. The maximum Gasteiger partial charge on any atom is 0.0451 e. The van der Waals surface area contributed by atoms with Gasteiger partial charge in [0.2, 0.25) is 0 Å². The van der Waals surface area contributed by atoms with E-state index in [1.807, 2.05) is 29.5 Å². The number of hydrogen-bond donors (Lipinski definition) is 1. The molecule has 108 valence electrons. The number of thiophene rings is 1. The van der Waals surface area contributed by atoms with Crippen LogP contribution in [0.25, 0.3) is 0 Å². The molecule has 1 heterocycles. The third kappa shape index (κ3) is 5.25. The molecule has 0 atom stereocenters. The van der Waals surface area contributed by atoms with Crippen LogP contribution in [0.5, 0.6) is 0 Å². The summed E-state index contributed by atoms with van der Waals surface area (Å²) in [5, 5.41) is 6.47. The predicted octanol–water partition coefficient (Wildman–Crippen LogP) is 3.67. The molecule has 0 aliphatic heterocycles. The van der Waals surface area contributed by atoms with Gasteiger partial charge in [0, 0.05) is 36.1 Å². The minimum atomic E-state index is 0.852. The number of benzene rings is 1. The number of likely N-dealkylation sites (N-methyl/N-ethyl adjacent to an activating group) is 1. The maximum atomic E-state index is 6.17. The molecule has 0 unspecified atom stereocenters. The van der Waals surface area contributed by atoms with Crippen LogP contribution in [0.3, 0.4) is 0 Å². The molecule has 2 rings (SSSR count). The Bertz CT molecular complexity index is 499. The summed E-state index contributed by atoms with van der Waals surface area (Å²) < 4.78 is 0. The minimum absolute atomic E-state index is 0.852. The van der Waals surface area contributed by atoms with Gasteiger partial charge in [0.1, 0.15) is 0 Å². The molecule has 1 N–H and O–H groups in total. The van der Waals surface area contributed by atoms with Gasteiger partial charge in [-0.3, -0.25) is 0 Å². The van der Waals surface area contributed by atoms with Gasteiger partial charge in [-0.2, -0.15) is 0 Å². The van der Waals surface area contributed by atoms with Crippen molar-refractivity contribution in [3.05, 3.63) is 57.2 Å². The number of nitrogens with one attached hydrogen (secondary N) is 1. The quantitative estimate of drug-likeness (QED) is 0.749. The summed E-state index contributed by atoms with van der Waals surface area (Å²) in [4.78, 5) is 3.74. The third-order valence-corrected chi connectivity index (χ3v) is 4.50. The summed E-state index contributed by atoms with van der Waals surface area (Å²) in [6.07, 6.45) is 1.12. The number of halogens is 1. The second kappa shape index (κ2) is 8.42. The molecular formula is C16H21ClN2S. The zero-order valence-corrected chi connectivity index (χ0v) is 13.4. The summed E-state index contributed by atoms with van der Waals surface area (Å²) in [5.74, 6) is 0. The van der Waals surface area contributed by atoms with Crippen LogP contribution in [0.15, 0.2) is 41.8 Å². The normalized spacial score (nSPS) is 11.2. The standard InChI is InChI=1S/C16H21ClN2S/c1-19(13-14-5-2-3-7-16(14)17)11-10-18-9-8-15-6-4-12-20-15/h2-7,12,18H,8-11,13H2,1H3. The van der Waals surface area contributed by atoms with Gasteiger partial charge in [-0.05, 0) is 36.5 Å². The first-order valence-corrected chi connectivity index (χ1v) is 8.16. The lowest BCUT2D eigenvalue weighted by atomic mass is 10.2. The second-order valence-corrected chi connectivity index (χ2v) is 6.35. The zero-order chi connectivity index (χ0) is 14.2. The van der Waals surface area contributed by atoms with E-state index in [0.29, 0.717) is 0 Å². The van der Waals surface area contributed by atoms with E-state index in [9.17, 15) is 0 Å². The van der Waals surface area contributed by atoms with E-state index in [-0.39, 0.29) is 0 Å². The average Bonchev–Trinajstić information content (AvgIpc) is 2.94. The van der Waals surface area contributed by atoms with Crippen LogP contribution in [0.2, 0.25) is 5.02 Å². The van der Waals surface area contributed by atoms with Crippen molar-refractivity contribution in [2.45, 2.75) is 13.0 Å². The molecule has 0 radical (unpaired) electrons. The number of hydrogen-bond acceptors (Lipinski definition) is 3. The summed E-state index contributed by atoms with van der Waals surface area (Å²) in [6, 6.07) is 12.3. The molecule has 2 aromatic rings. The highest BCUT2D eigenvalue weighted by atomic mass is 35.5. The van der Waals surface area contributed by atoms with E-state index < -0.39 is 0 Å². The predicted molar refractivity (Wildman–Crippen MR) is 88.7 cm³/mol. The molecule has 2 nitrogen and oxygen atoms in total. The first kappa shape index (κ1) is 15.5. The first-order chi connectivity index (χ1) is 9.75. The molecule has 0 aliphatic carbocycles. The highest BCUT2D eigenvalue weighted by Gasteiger charge is 2.03. The third-order valence-electron chi connectivity index (χ3n) is 3.20. The van der Waals surface area contributed by atoms with Crippen LogP contribution >= 0.6 is 22.9 Å². The molecule has 4 heteroatoms. The fourth-order valence-corrected chi connectivity index (χ4v) is 2.96. The lowest BCUT2D eigenvalue weighted by Gasteiger charge is -2.17. The van der Waals surface area contributed by atoms with Crippen molar-refractivity contribution in [2.24, 2.45) is 0 Å². The van der Waals surface area contributed by atoms with Gasteiger partial charge < -0.3 is 10.2 Å². The molecule has 1 aromatic carbocycles. The Kier molecular flexibility index (Phi) is 6.54. The van der Waals surface area contributed by atoms with Gasteiger partial charge in [0.05, 0.1) is 0 Å². The average molecular weight is 309 g/mol. The van der Waals surface area contributed by atoms with Crippen LogP contribution in [0, 0.1) is 0 Å². The van der Waals surface area contributed by atoms with Gasteiger partial charge in [0.15, 0.2) is 0 Å². The molecule has 0 saturated heterocycles. The van der Waals surface area contributed by atoms with Crippen LogP contribution in [0.1, 0.15) is 10.4 Å². The molecule has 1 aromatic heterocycles. The topological polar surface area (TPSA) is 15.3 Å². The van der Waals surface area contributed by atoms with Crippen LogP contribution in [0.4, 0.5) is 0 Å². The lowest BCUT2D eigenvalue weighted by molar-refractivity contribution is 0.325. The summed E-state index contributed by atoms with van der Waals surface area (Å²) in [5.41, 5.74) is 1.19. The molecule has 0 spiro atoms. The molecule has 20 heavy (non-hydrogen) atoms. The molecular weight excluding hydrogens is 288 g/mol. The number of rotatable bonds is 8. The fraction of sp³-hybridized carbons (Fsp3) is 0.375. The molecule has 0 bridgehead atoms. The van der Waals surface area contributed by atoms with Crippen molar-refractivity contribution in [1.82, 2.24) is 10.2 Å². The van der Waals surface area contributed by atoms with E-state index in [2.05, 4.69) is 40.8 Å². The van der Waals surface area contributed by atoms with Gasteiger partial charge in [-0.25, -0.2) is 0 Å². The highest BCUT2D eigenvalue weighted by Crippen LogP contribution is 2.16. The van der Waals surface area contributed by atoms with E-state index in [1.165, 1.54) is 10.4 Å². The van der Waals surface area contributed by atoms with E-state index >= 15 is 0 Å². The van der Waals surface area contributed by atoms with Crippen molar-refractivity contribution in [3.8, 4) is 0 Å². The van der Waals surface area contributed by atoms with E-state index in [4.69, 9.17) is 11.6 Å². The summed E-state index contributed by atoms with van der Waals surface area (Å²) >= 11 is 7.99. The Morgan fingerprint density at radius 2 is 2.00 bits per heavy atom. The minimum Gasteiger partial charge on any atom is -0.315 e. The Morgan fingerprint density at radius 3 is 2.75 bits per heavy atom. The van der Waals surface area contributed by atoms with Crippen molar-refractivity contribution in [3.63, 3.8) is 0 Å². The first-order valence-electron chi connectivity index (χ1n) is 6.91. The Labute approximate surface area is 130 Å². The molecule has 0 aliphatic rings. The van der Waals surface area contributed by atoms with Crippen molar-refractivity contribution >= 4 is 22.9 Å². The summed E-state index contributed by atoms with van der Waals surface area (Å²) in [7, 11) is 2.13. The lowest BCUT2D eigenvalue weighted by Crippen LogP contribution is -2.30. The van der Waals surface area contributed by atoms with Gasteiger partial charge >= 0.3 is 0 Å². The number of nitrogens with zero attached hydrogens (tertiary/aromatic N) is 1. The SMILES string of the molecule is CN(CCNCCc1cccs1)Cc1ccccc1Cl. The van der Waals surface area contributed by atoms with Crippen LogP contribution in [-0.2, 0) is 13.0 Å². The molecule has 0 fully saturated rings. The van der Waals surface area contributed by atoms with Crippen molar-refractivity contribution in [1.29, 1.82) is 0 Å². The van der Waals surface area contributed by atoms with Gasteiger partial charge in [-0.15, -0.1) is 11.3 Å². The monoisotopic (exact) mass is 308 g/mol. The maximum absolute atomic E-state index is 6.17.